The molecule has 0 saturated carbocycles. The average molecular weight is 369 g/mol. The smallest absolute Gasteiger partial charge is 0.253 e. The van der Waals surface area contributed by atoms with Gasteiger partial charge < -0.3 is 9.88 Å². The molecule has 1 amide bonds. The van der Waals surface area contributed by atoms with Crippen molar-refractivity contribution in [3.63, 3.8) is 0 Å². The molecule has 0 aromatic carbocycles. The number of imidazole rings is 2. The fraction of sp³-hybridized carbons (Fsp3) is 0.353. The van der Waals surface area contributed by atoms with Crippen LogP contribution in [-0.2, 0) is 13.1 Å². The fourth-order valence-electron chi connectivity index (χ4n) is 2.80. The Labute approximate surface area is 153 Å². The Morgan fingerprint density at radius 2 is 2.19 bits per heavy atom. The van der Waals surface area contributed by atoms with E-state index in [2.05, 4.69) is 39.2 Å². The van der Waals surface area contributed by atoms with Crippen LogP contribution in [0.25, 0.3) is 16.1 Å². The highest BCUT2D eigenvalue weighted by molar-refractivity contribution is 7.16. The third-order valence-electron chi connectivity index (χ3n) is 3.90. The Hall–Kier alpha value is -2.81. The van der Waals surface area contributed by atoms with E-state index in [1.54, 1.807) is 23.1 Å². The van der Waals surface area contributed by atoms with E-state index in [1.165, 1.54) is 11.3 Å². The van der Waals surface area contributed by atoms with E-state index in [9.17, 15) is 4.79 Å². The van der Waals surface area contributed by atoms with Crippen molar-refractivity contribution in [2.75, 3.05) is 0 Å². The third kappa shape index (κ3) is 3.17. The fourth-order valence-corrected chi connectivity index (χ4v) is 3.55. The maximum absolute atomic E-state index is 12.4. The number of hydrogen-bond acceptors (Lipinski definition) is 6. The molecule has 0 spiro atoms. The molecule has 1 N–H and O–H groups in total. The molecule has 4 rings (SSSR count). The summed E-state index contributed by atoms with van der Waals surface area (Å²) in [5, 5.41) is 8.14. The van der Waals surface area contributed by atoms with Crippen LogP contribution in [0.1, 0.15) is 34.9 Å². The third-order valence-corrected chi connectivity index (χ3v) is 4.74. The van der Waals surface area contributed by atoms with Gasteiger partial charge in [-0.15, -0.1) is 0 Å². The summed E-state index contributed by atoms with van der Waals surface area (Å²) in [5.74, 6) is 0.304. The lowest BCUT2D eigenvalue weighted by molar-refractivity contribution is 0.0950. The number of aryl methyl sites for hydroxylation is 1. The predicted octanol–water partition coefficient (Wildman–Crippen LogP) is 2.43. The Kier molecular flexibility index (Phi) is 4.15. The molecule has 0 aliphatic carbocycles. The summed E-state index contributed by atoms with van der Waals surface area (Å²) in [6.07, 6.45) is 5.19. The van der Waals surface area contributed by atoms with Crippen LogP contribution in [0.15, 0.2) is 24.8 Å². The molecule has 134 valence electrons. The van der Waals surface area contributed by atoms with Crippen molar-refractivity contribution in [3.8, 4) is 0 Å². The summed E-state index contributed by atoms with van der Waals surface area (Å²) in [5.41, 5.74) is 2.78. The van der Waals surface area contributed by atoms with Crippen molar-refractivity contribution < 1.29 is 4.79 Å². The van der Waals surface area contributed by atoms with Crippen LogP contribution in [0.2, 0.25) is 0 Å². The summed E-state index contributed by atoms with van der Waals surface area (Å²) >= 11 is 1.52. The van der Waals surface area contributed by atoms with Crippen LogP contribution >= 0.6 is 11.3 Å². The molecule has 8 nitrogen and oxygen atoms in total. The molecule has 0 unspecified atom stereocenters. The first kappa shape index (κ1) is 16.6. The molecule has 0 atom stereocenters. The molecule has 4 aromatic heterocycles. The van der Waals surface area contributed by atoms with Crippen LogP contribution < -0.4 is 5.32 Å². The van der Waals surface area contributed by atoms with Gasteiger partial charge in [0, 0.05) is 12.7 Å². The Morgan fingerprint density at radius 1 is 1.35 bits per heavy atom. The number of rotatable bonds is 5. The topological polar surface area (TPSA) is 90.0 Å². The standard InChI is InChI=1S/C17H19N7OS/c1-10(2)7-23-9-20-14-4-12(5-18-15(14)23)16(25)19-6-13-8-24-17(21-13)26-11(3)22-24/h4-5,8-10H,6-7H2,1-3H3,(H,19,25). The molecule has 0 aliphatic rings. The zero-order chi connectivity index (χ0) is 18.3. The van der Waals surface area contributed by atoms with Crippen molar-refractivity contribution in [2.45, 2.75) is 33.9 Å². The van der Waals surface area contributed by atoms with Gasteiger partial charge in [0.25, 0.3) is 5.91 Å². The minimum Gasteiger partial charge on any atom is -0.346 e. The second-order valence-electron chi connectivity index (χ2n) is 6.62. The molecule has 9 heteroatoms. The van der Waals surface area contributed by atoms with E-state index >= 15 is 0 Å². The summed E-state index contributed by atoms with van der Waals surface area (Å²) in [6.45, 7) is 7.41. The van der Waals surface area contributed by atoms with Gasteiger partial charge in [0.05, 0.1) is 30.3 Å². The number of fused-ring (bicyclic) bond motifs is 2. The number of nitrogens with one attached hydrogen (secondary N) is 1. The lowest BCUT2D eigenvalue weighted by Gasteiger charge is -2.07. The quantitative estimate of drug-likeness (QED) is 0.583. The van der Waals surface area contributed by atoms with E-state index in [4.69, 9.17) is 0 Å². The first-order valence-electron chi connectivity index (χ1n) is 8.40. The largest absolute Gasteiger partial charge is 0.346 e. The van der Waals surface area contributed by atoms with Crippen LogP contribution in [0.4, 0.5) is 0 Å². The molecule has 4 aromatic rings. The van der Waals surface area contributed by atoms with Gasteiger partial charge in [-0.1, -0.05) is 25.2 Å². The Balaban J connectivity index is 1.47. The van der Waals surface area contributed by atoms with Crippen molar-refractivity contribution in [1.29, 1.82) is 0 Å². The molecular formula is C17H19N7OS. The van der Waals surface area contributed by atoms with Crippen LogP contribution in [-0.4, -0.2) is 35.0 Å². The average Bonchev–Trinajstić information content (AvgIpc) is 3.25. The SMILES string of the molecule is Cc1nn2cc(CNC(=O)c3cnc4c(c3)ncn4CC(C)C)nc2s1. The number of carbonyl (C=O) groups is 1. The molecule has 0 aliphatic heterocycles. The number of amides is 1. The molecule has 26 heavy (non-hydrogen) atoms. The minimum atomic E-state index is -0.196. The van der Waals surface area contributed by atoms with E-state index in [0.717, 1.165) is 33.4 Å². The first-order valence-corrected chi connectivity index (χ1v) is 9.22. The number of carbonyl (C=O) groups excluding carboxylic acids is 1. The van der Waals surface area contributed by atoms with Crippen LogP contribution in [0.3, 0.4) is 0 Å². The van der Waals surface area contributed by atoms with Gasteiger partial charge in [-0.3, -0.25) is 4.79 Å². The van der Waals surface area contributed by atoms with E-state index in [0.29, 0.717) is 18.0 Å². The van der Waals surface area contributed by atoms with E-state index in [-0.39, 0.29) is 5.91 Å². The van der Waals surface area contributed by atoms with Crippen LogP contribution in [0, 0.1) is 12.8 Å². The highest BCUT2D eigenvalue weighted by Gasteiger charge is 2.12. The lowest BCUT2D eigenvalue weighted by Crippen LogP contribution is -2.23. The minimum absolute atomic E-state index is 0.196. The summed E-state index contributed by atoms with van der Waals surface area (Å²) < 4.78 is 3.74. The summed E-state index contributed by atoms with van der Waals surface area (Å²) in [6, 6.07) is 1.77. The van der Waals surface area contributed by atoms with Crippen LogP contribution in [0.5, 0.6) is 0 Å². The van der Waals surface area contributed by atoms with Gasteiger partial charge in [0.15, 0.2) is 5.65 Å². The number of aromatic nitrogens is 6. The maximum Gasteiger partial charge on any atom is 0.253 e. The second kappa shape index (κ2) is 6.49. The number of pyridine rings is 1. The highest BCUT2D eigenvalue weighted by Crippen LogP contribution is 2.15. The van der Waals surface area contributed by atoms with Gasteiger partial charge >= 0.3 is 0 Å². The maximum atomic E-state index is 12.4. The first-order chi connectivity index (χ1) is 12.5. The lowest BCUT2D eigenvalue weighted by atomic mass is 10.2. The van der Waals surface area contributed by atoms with Gasteiger partial charge in [-0.2, -0.15) is 5.10 Å². The summed E-state index contributed by atoms with van der Waals surface area (Å²) in [7, 11) is 0. The molecule has 0 bridgehead atoms. The van der Waals surface area contributed by atoms with E-state index < -0.39 is 0 Å². The molecular weight excluding hydrogens is 350 g/mol. The van der Waals surface area contributed by atoms with Crippen molar-refractivity contribution in [1.82, 2.24) is 34.4 Å². The Bertz CT molecular complexity index is 1060. The molecule has 0 fully saturated rings. The molecule has 0 radical (unpaired) electrons. The zero-order valence-corrected chi connectivity index (χ0v) is 15.6. The van der Waals surface area contributed by atoms with Gasteiger partial charge in [-0.05, 0) is 18.9 Å². The van der Waals surface area contributed by atoms with Gasteiger partial charge in [0.2, 0.25) is 4.96 Å². The predicted molar refractivity (Wildman–Crippen MR) is 99.1 cm³/mol. The van der Waals surface area contributed by atoms with Gasteiger partial charge in [-0.25, -0.2) is 19.5 Å². The monoisotopic (exact) mass is 369 g/mol. The van der Waals surface area contributed by atoms with Crippen molar-refractivity contribution in [2.24, 2.45) is 5.92 Å². The van der Waals surface area contributed by atoms with Gasteiger partial charge in [0.1, 0.15) is 10.5 Å². The normalized spacial score (nSPS) is 11.7. The van der Waals surface area contributed by atoms with Crippen molar-refractivity contribution in [3.05, 3.63) is 41.1 Å². The van der Waals surface area contributed by atoms with E-state index in [1.807, 2.05) is 17.7 Å². The Morgan fingerprint density at radius 3 is 2.96 bits per heavy atom. The summed E-state index contributed by atoms with van der Waals surface area (Å²) in [4.78, 5) is 26.5. The molecule has 0 saturated heterocycles. The number of nitrogens with zero attached hydrogens (tertiary/aromatic N) is 6. The molecule has 4 heterocycles. The van der Waals surface area contributed by atoms with Crippen molar-refractivity contribution >= 4 is 33.4 Å². The second-order valence-corrected chi connectivity index (χ2v) is 7.78. The number of hydrogen-bond donors (Lipinski definition) is 1. The highest BCUT2D eigenvalue weighted by atomic mass is 32.1. The zero-order valence-electron chi connectivity index (χ0n) is 14.8.